The summed E-state index contributed by atoms with van der Waals surface area (Å²) in [4.78, 5) is 0. The highest BCUT2D eigenvalue weighted by molar-refractivity contribution is 7.90. The fourth-order valence-corrected chi connectivity index (χ4v) is 2.40. The van der Waals surface area contributed by atoms with E-state index in [0.29, 0.717) is 0 Å². The second-order valence-electron chi connectivity index (χ2n) is 5.33. The summed E-state index contributed by atoms with van der Waals surface area (Å²) in [6, 6.07) is 5.78. The van der Waals surface area contributed by atoms with Crippen molar-refractivity contribution in [2.75, 3.05) is 6.79 Å². The minimum atomic E-state index is -1.09. The van der Waals surface area contributed by atoms with Gasteiger partial charge in [0.05, 0.1) is 6.04 Å². The lowest BCUT2D eigenvalue weighted by atomic mass is 10.1. The van der Waals surface area contributed by atoms with Crippen LogP contribution in [0.2, 0.25) is 0 Å². The van der Waals surface area contributed by atoms with Crippen LogP contribution in [0.15, 0.2) is 18.2 Å². The van der Waals surface area contributed by atoms with Crippen LogP contribution in [0.1, 0.15) is 39.3 Å². The largest absolute Gasteiger partial charge is 0.598 e. The molecule has 2 rings (SSSR count). The van der Waals surface area contributed by atoms with E-state index in [9.17, 15) is 4.55 Å². The fourth-order valence-electron chi connectivity index (χ4n) is 1.59. The first-order chi connectivity index (χ1) is 8.38. The van der Waals surface area contributed by atoms with Gasteiger partial charge in [-0.15, -0.1) is 4.72 Å². The highest BCUT2D eigenvalue weighted by Gasteiger charge is 2.28. The van der Waals surface area contributed by atoms with Gasteiger partial charge in [0.25, 0.3) is 0 Å². The molecule has 0 fully saturated rings. The van der Waals surface area contributed by atoms with Gasteiger partial charge in [-0.25, -0.2) is 0 Å². The molecule has 4 nitrogen and oxygen atoms in total. The van der Waals surface area contributed by atoms with Gasteiger partial charge in [0.1, 0.15) is 4.75 Å². The summed E-state index contributed by atoms with van der Waals surface area (Å²) < 4.78 is 25.5. The topological polar surface area (TPSA) is 53.5 Å². The summed E-state index contributed by atoms with van der Waals surface area (Å²) in [6.07, 6.45) is 0. The number of benzene rings is 1. The lowest BCUT2D eigenvalue weighted by Gasteiger charge is -2.26. The molecule has 0 unspecified atom stereocenters. The van der Waals surface area contributed by atoms with Gasteiger partial charge in [-0.1, -0.05) is 6.07 Å². The van der Waals surface area contributed by atoms with Crippen LogP contribution in [-0.2, 0) is 11.4 Å². The molecule has 0 spiro atoms. The molecular formula is C13H19NO3S. The van der Waals surface area contributed by atoms with E-state index in [2.05, 4.69) is 4.72 Å². The molecule has 1 N–H and O–H groups in total. The number of nitrogens with one attached hydrogen (secondary N) is 1. The first kappa shape index (κ1) is 13.5. The first-order valence-corrected chi connectivity index (χ1v) is 7.10. The van der Waals surface area contributed by atoms with Gasteiger partial charge in [0.2, 0.25) is 6.79 Å². The maximum Gasteiger partial charge on any atom is 0.231 e. The molecule has 1 aliphatic rings. The molecular weight excluding hydrogens is 250 g/mol. The van der Waals surface area contributed by atoms with Crippen LogP contribution < -0.4 is 14.2 Å². The third-order valence-electron chi connectivity index (χ3n) is 2.74. The van der Waals surface area contributed by atoms with Gasteiger partial charge in [-0.2, -0.15) is 0 Å². The maximum absolute atomic E-state index is 12.0. The monoisotopic (exact) mass is 269 g/mol. The number of hydrogen-bond donors (Lipinski definition) is 1. The van der Waals surface area contributed by atoms with E-state index in [1.807, 2.05) is 45.9 Å². The Bertz CT molecular complexity index is 431. The Balaban J connectivity index is 2.07. The Kier molecular flexibility index (Phi) is 3.75. The predicted octanol–water partition coefficient (Wildman–Crippen LogP) is 2.53. The van der Waals surface area contributed by atoms with Crippen LogP contribution in [-0.4, -0.2) is 16.1 Å². The molecule has 0 bridgehead atoms. The van der Waals surface area contributed by atoms with E-state index < -0.39 is 11.4 Å². The highest BCUT2D eigenvalue weighted by atomic mass is 32.2. The number of fused-ring (bicyclic) bond motifs is 1. The molecule has 0 amide bonds. The molecule has 0 aromatic heterocycles. The van der Waals surface area contributed by atoms with Crippen molar-refractivity contribution in [3.05, 3.63) is 23.8 Å². The maximum atomic E-state index is 12.0. The molecule has 0 saturated carbocycles. The van der Waals surface area contributed by atoms with Gasteiger partial charge >= 0.3 is 0 Å². The fraction of sp³-hybridized carbons (Fsp3) is 0.538. The summed E-state index contributed by atoms with van der Waals surface area (Å²) in [6.45, 7) is 8.10. The van der Waals surface area contributed by atoms with Crippen molar-refractivity contribution in [2.45, 2.75) is 38.5 Å². The van der Waals surface area contributed by atoms with Gasteiger partial charge in [0.15, 0.2) is 11.5 Å². The third kappa shape index (κ3) is 2.91. The van der Waals surface area contributed by atoms with E-state index in [4.69, 9.17) is 9.47 Å². The summed E-state index contributed by atoms with van der Waals surface area (Å²) in [5.41, 5.74) is 1.04. The van der Waals surface area contributed by atoms with E-state index in [0.717, 1.165) is 17.1 Å². The summed E-state index contributed by atoms with van der Waals surface area (Å²) >= 11 is -1.09. The van der Waals surface area contributed by atoms with Gasteiger partial charge in [0, 0.05) is 11.4 Å². The lowest BCUT2D eigenvalue weighted by Crippen LogP contribution is -2.40. The van der Waals surface area contributed by atoms with Crippen molar-refractivity contribution in [3.63, 3.8) is 0 Å². The Morgan fingerprint density at radius 1 is 1.28 bits per heavy atom. The van der Waals surface area contributed by atoms with Crippen LogP contribution in [0.5, 0.6) is 11.5 Å². The smallest absolute Gasteiger partial charge is 0.231 e. The Morgan fingerprint density at radius 3 is 2.61 bits per heavy atom. The van der Waals surface area contributed by atoms with Crippen LogP contribution in [0, 0.1) is 0 Å². The Hall–Kier alpha value is -0.910. The van der Waals surface area contributed by atoms with Crippen molar-refractivity contribution in [3.8, 4) is 11.5 Å². The zero-order valence-corrected chi connectivity index (χ0v) is 12.0. The number of hydrogen-bond acceptors (Lipinski definition) is 4. The minimum Gasteiger partial charge on any atom is -0.598 e. The second-order valence-corrected chi connectivity index (χ2v) is 7.33. The average Bonchev–Trinajstić information content (AvgIpc) is 2.74. The molecule has 1 heterocycles. The molecule has 2 atom stereocenters. The molecule has 1 aromatic carbocycles. The van der Waals surface area contributed by atoms with E-state index in [1.165, 1.54) is 0 Å². The molecule has 1 aromatic rings. The molecule has 0 radical (unpaired) electrons. The first-order valence-electron chi connectivity index (χ1n) is 5.95. The Labute approximate surface area is 111 Å². The highest BCUT2D eigenvalue weighted by Crippen LogP contribution is 2.34. The molecule has 18 heavy (non-hydrogen) atoms. The molecule has 5 heteroatoms. The van der Waals surface area contributed by atoms with Gasteiger partial charge < -0.3 is 14.0 Å². The molecule has 1 aliphatic heterocycles. The van der Waals surface area contributed by atoms with Gasteiger partial charge in [-0.05, 0) is 45.4 Å². The van der Waals surface area contributed by atoms with Crippen LogP contribution in [0.3, 0.4) is 0 Å². The normalized spacial score (nSPS) is 17.6. The number of rotatable bonds is 3. The van der Waals surface area contributed by atoms with Crippen LogP contribution in [0.25, 0.3) is 0 Å². The van der Waals surface area contributed by atoms with Crippen molar-refractivity contribution < 1.29 is 14.0 Å². The van der Waals surface area contributed by atoms with E-state index >= 15 is 0 Å². The number of ether oxygens (including phenoxy) is 2. The quantitative estimate of drug-likeness (QED) is 0.857. The summed E-state index contributed by atoms with van der Waals surface area (Å²) in [7, 11) is 0. The SMILES string of the molecule is C[C@H](N[S@+]([O-])C(C)(C)C)c1ccc2c(c1)OCO2. The van der Waals surface area contributed by atoms with E-state index in [-0.39, 0.29) is 17.6 Å². The van der Waals surface area contributed by atoms with Crippen molar-refractivity contribution >= 4 is 11.4 Å². The second kappa shape index (κ2) is 4.99. The van der Waals surface area contributed by atoms with Crippen molar-refractivity contribution in [1.29, 1.82) is 0 Å². The zero-order valence-electron chi connectivity index (χ0n) is 11.1. The van der Waals surface area contributed by atoms with Crippen LogP contribution in [0.4, 0.5) is 0 Å². The van der Waals surface area contributed by atoms with E-state index in [1.54, 1.807) is 0 Å². The third-order valence-corrected chi connectivity index (χ3v) is 4.42. The summed E-state index contributed by atoms with van der Waals surface area (Å²) in [5.74, 6) is 1.52. The average molecular weight is 269 g/mol. The zero-order chi connectivity index (χ0) is 13.3. The van der Waals surface area contributed by atoms with Crippen molar-refractivity contribution in [2.24, 2.45) is 0 Å². The Morgan fingerprint density at radius 2 is 1.94 bits per heavy atom. The predicted molar refractivity (Wildman–Crippen MR) is 72.0 cm³/mol. The minimum absolute atomic E-state index is 0.000409. The molecule has 0 aliphatic carbocycles. The standard InChI is InChI=1S/C13H19NO3S/c1-9(14-18(15)13(2,3)4)10-5-6-11-12(7-10)17-8-16-11/h5-7,9,14H,8H2,1-4H3/t9-,18+/m0/s1. The summed E-state index contributed by atoms with van der Waals surface area (Å²) in [5, 5.41) is 0. The van der Waals surface area contributed by atoms with Crippen molar-refractivity contribution in [1.82, 2.24) is 4.72 Å². The lowest BCUT2D eigenvalue weighted by molar-refractivity contribution is 0.174. The van der Waals surface area contributed by atoms with Crippen LogP contribution >= 0.6 is 0 Å². The van der Waals surface area contributed by atoms with Gasteiger partial charge in [-0.3, -0.25) is 0 Å². The molecule has 100 valence electrons. The molecule has 0 saturated heterocycles.